The van der Waals surface area contributed by atoms with E-state index in [1.807, 2.05) is 6.92 Å². The molecule has 0 saturated heterocycles. The molecule has 2 rings (SSSR count). The largest absolute Gasteiger partial charge is 0.489 e. The van der Waals surface area contributed by atoms with Crippen molar-refractivity contribution in [2.24, 2.45) is 5.41 Å². The Hall–Kier alpha value is -0.570. The first-order chi connectivity index (χ1) is 8.53. The Balaban J connectivity index is 2.17. The minimum Gasteiger partial charge on any atom is -0.489 e. The van der Waals surface area contributed by atoms with Crippen LogP contribution in [-0.4, -0.2) is 10.9 Å². The molecule has 0 heterocycles. The summed E-state index contributed by atoms with van der Waals surface area (Å²) < 4.78 is 19.3. The average molecular weight is 315 g/mol. The predicted octanol–water partition coefficient (Wildman–Crippen LogP) is 4.86. The van der Waals surface area contributed by atoms with E-state index in [4.69, 9.17) is 4.74 Å². The molecule has 1 aliphatic carbocycles. The van der Waals surface area contributed by atoms with Crippen LogP contribution >= 0.6 is 15.9 Å². The summed E-state index contributed by atoms with van der Waals surface area (Å²) in [6.45, 7) is 6.36. The Labute approximate surface area is 117 Å². The molecule has 0 bridgehead atoms. The standard InChI is InChI=1S/C15H20BrFO/c1-4-15(5-2)13(16)9-14(15)18-12-8-11(17)7-6-10(12)3/h6-8,13-14H,4-5,9H2,1-3H3. The number of aryl methyl sites for hydroxylation is 1. The topological polar surface area (TPSA) is 9.23 Å². The monoisotopic (exact) mass is 314 g/mol. The Morgan fingerprint density at radius 2 is 2.06 bits per heavy atom. The molecule has 100 valence electrons. The molecule has 1 aliphatic rings. The van der Waals surface area contributed by atoms with Gasteiger partial charge in [-0.2, -0.15) is 0 Å². The Morgan fingerprint density at radius 3 is 2.61 bits per heavy atom. The highest BCUT2D eigenvalue weighted by molar-refractivity contribution is 9.09. The fraction of sp³-hybridized carbons (Fsp3) is 0.600. The van der Waals surface area contributed by atoms with Crippen molar-refractivity contribution in [3.05, 3.63) is 29.6 Å². The summed E-state index contributed by atoms with van der Waals surface area (Å²) in [5.74, 6) is 0.453. The summed E-state index contributed by atoms with van der Waals surface area (Å²) >= 11 is 3.74. The van der Waals surface area contributed by atoms with Crippen LogP contribution in [0.1, 0.15) is 38.7 Å². The summed E-state index contributed by atoms with van der Waals surface area (Å²) in [5, 5.41) is 0. The average Bonchev–Trinajstić information content (AvgIpc) is 2.35. The second-order valence-electron chi connectivity index (χ2n) is 5.16. The first-order valence-corrected chi connectivity index (χ1v) is 7.52. The third-order valence-corrected chi connectivity index (χ3v) is 5.71. The van der Waals surface area contributed by atoms with Crippen molar-refractivity contribution in [2.45, 2.75) is 51.0 Å². The molecule has 0 amide bonds. The molecule has 3 heteroatoms. The van der Waals surface area contributed by atoms with Gasteiger partial charge in [0.1, 0.15) is 17.7 Å². The van der Waals surface area contributed by atoms with Crippen LogP contribution in [0.3, 0.4) is 0 Å². The van der Waals surface area contributed by atoms with Gasteiger partial charge in [0.25, 0.3) is 0 Å². The number of hydrogen-bond donors (Lipinski definition) is 0. The van der Waals surface area contributed by atoms with Crippen LogP contribution in [0.5, 0.6) is 5.75 Å². The number of ether oxygens (including phenoxy) is 1. The van der Waals surface area contributed by atoms with Crippen LogP contribution in [0, 0.1) is 18.2 Å². The first kappa shape index (κ1) is 13.9. The zero-order chi connectivity index (χ0) is 13.3. The fourth-order valence-corrected chi connectivity index (χ4v) is 4.15. The van der Waals surface area contributed by atoms with Crippen molar-refractivity contribution in [3.63, 3.8) is 0 Å². The molecule has 1 aromatic rings. The minimum absolute atomic E-state index is 0.192. The quantitative estimate of drug-likeness (QED) is 0.721. The van der Waals surface area contributed by atoms with Crippen molar-refractivity contribution in [3.8, 4) is 5.75 Å². The van der Waals surface area contributed by atoms with Gasteiger partial charge in [0.05, 0.1) is 0 Å². The number of benzene rings is 1. The highest BCUT2D eigenvalue weighted by Gasteiger charge is 2.53. The van der Waals surface area contributed by atoms with Gasteiger partial charge in [0, 0.05) is 16.3 Å². The van der Waals surface area contributed by atoms with Crippen LogP contribution in [0.4, 0.5) is 4.39 Å². The highest BCUT2D eigenvalue weighted by Crippen LogP contribution is 2.52. The zero-order valence-electron chi connectivity index (χ0n) is 11.2. The molecule has 2 atom stereocenters. The zero-order valence-corrected chi connectivity index (χ0v) is 12.8. The van der Waals surface area contributed by atoms with E-state index in [1.54, 1.807) is 6.07 Å². The lowest BCUT2D eigenvalue weighted by Crippen LogP contribution is -2.56. The van der Waals surface area contributed by atoms with Crippen LogP contribution in [-0.2, 0) is 0 Å². The lowest BCUT2D eigenvalue weighted by atomic mass is 9.62. The Kier molecular flexibility index (Phi) is 4.00. The third-order valence-electron chi connectivity index (χ3n) is 4.42. The highest BCUT2D eigenvalue weighted by atomic mass is 79.9. The normalized spacial score (nSPS) is 25.6. The van der Waals surface area contributed by atoms with Gasteiger partial charge in [0.2, 0.25) is 0 Å². The lowest BCUT2D eigenvalue weighted by molar-refractivity contribution is -0.0415. The van der Waals surface area contributed by atoms with Crippen LogP contribution in [0.2, 0.25) is 0 Å². The third kappa shape index (κ3) is 2.18. The van der Waals surface area contributed by atoms with Gasteiger partial charge in [-0.3, -0.25) is 0 Å². The maximum absolute atomic E-state index is 13.3. The van der Waals surface area contributed by atoms with Gasteiger partial charge in [-0.05, 0) is 37.8 Å². The van der Waals surface area contributed by atoms with E-state index in [0.29, 0.717) is 10.6 Å². The molecule has 0 radical (unpaired) electrons. The van der Waals surface area contributed by atoms with Crippen molar-refractivity contribution < 1.29 is 9.13 Å². The maximum Gasteiger partial charge on any atom is 0.126 e. The maximum atomic E-state index is 13.3. The molecule has 2 unspecified atom stereocenters. The fourth-order valence-electron chi connectivity index (χ4n) is 2.87. The molecular weight excluding hydrogens is 295 g/mol. The minimum atomic E-state index is -0.232. The van der Waals surface area contributed by atoms with Gasteiger partial charge in [-0.1, -0.05) is 35.8 Å². The second kappa shape index (κ2) is 5.20. The lowest BCUT2D eigenvalue weighted by Gasteiger charge is -2.52. The Bertz CT molecular complexity index is 429. The number of alkyl halides is 1. The smallest absolute Gasteiger partial charge is 0.126 e. The molecule has 0 aliphatic heterocycles. The first-order valence-electron chi connectivity index (χ1n) is 6.60. The van der Waals surface area contributed by atoms with Crippen LogP contribution < -0.4 is 4.74 Å². The van der Waals surface area contributed by atoms with Crippen molar-refractivity contribution in [1.29, 1.82) is 0 Å². The van der Waals surface area contributed by atoms with Gasteiger partial charge in [-0.25, -0.2) is 4.39 Å². The van der Waals surface area contributed by atoms with E-state index in [9.17, 15) is 4.39 Å². The molecule has 0 N–H and O–H groups in total. The number of hydrogen-bond acceptors (Lipinski definition) is 1. The summed E-state index contributed by atoms with van der Waals surface area (Å²) in [6, 6.07) is 4.74. The van der Waals surface area contributed by atoms with E-state index in [1.165, 1.54) is 12.1 Å². The molecule has 1 fully saturated rings. The van der Waals surface area contributed by atoms with E-state index >= 15 is 0 Å². The van der Waals surface area contributed by atoms with Crippen molar-refractivity contribution in [1.82, 2.24) is 0 Å². The van der Waals surface area contributed by atoms with Gasteiger partial charge >= 0.3 is 0 Å². The van der Waals surface area contributed by atoms with E-state index in [0.717, 1.165) is 24.8 Å². The molecule has 1 aromatic carbocycles. The van der Waals surface area contributed by atoms with Crippen molar-refractivity contribution in [2.75, 3.05) is 0 Å². The molecular formula is C15H20BrFO. The summed E-state index contributed by atoms with van der Waals surface area (Å²) in [5.41, 5.74) is 1.19. The molecule has 1 nitrogen and oxygen atoms in total. The number of rotatable bonds is 4. The second-order valence-corrected chi connectivity index (χ2v) is 6.27. The van der Waals surface area contributed by atoms with Gasteiger partial charge in [-0.15, -0.1) is 0 Å². The molecule has 0 spiro atoms. The summed E-state index contributed by atoms with van der Waals surface area (Å²) in [7, 11) is 0. The molecule has 1 saturated carbocycles. The van der Waals surface area contributed by atoms with Gasteiger partial charge in [0.15, 0.2) is 0 Å². The SMILES string of the molecule is CCC1(CC)C(Br)CC1Oc1cc(F)ccc1C. The summed E-state index contributed by atoms with van der Waals surface area (Å²) in [6.07, 6.45) is 3.35. The van der Waals surface area contributed by atoms with Gasteiger partial charge < -0.3 is 4.74 Å². The predicted molar refractivity (Wildman–Crippen MR) is 75.9 cm³/mol. The van der Waals surface area contributed by atoms with Crippen LogP contribution in [0.15, 0.2) is 18.2 Å². The van der Waals surface area contributed by atoms with E-state index in [2.05, 4.69) is 29.8 Å². The summed E-state index contributed by atoms with van der Waals surface area (Å²) in [4.78, 5) is 0.513. The molecule has 0 aromatic heterocycles. The van der Waals surface area contributed by atoms with E-state index < -0.39 is 0 Å². The molecule has 18 heavy (non-hydrogen) atoms. The van der Waals surface area contributed by atoms with E-state index in [-0.39, 0.29) is 17.3 Å². The number of halogens is 2. The van der Waals surface area contributed by atoms with Crippen LogP contribution in [0.25, 0.3) is 0 Å². The van der Waals surface area contributed by atoms with Crippen molar-refractivity contribution >= 4 is 15.9 Å². The Morgan fingerprint density at radius 1 is 1.39 bits per heavy atom.